The van der Waals surface area contributed by atoms with E-state index in [1.807, 2.05) is 36.1 Å². The van der Waals surface area contributed by atoms with Gasteiger partial charge in [0.1, 0.15) is 0 Å². The van der Waals surface area contributed by atoms with Crippen molar-refractivity contribution in [3.8, 4) is 0 Å². The Bertz CT molecular complexity index is 658. The van der Waals surface area contributed by atoms with E-state index in [0.717, 1.165) is 62.9 Å². The average Bonchev–Trinajstić information content (AvgIpc) is 2.94. The van der Waals surface area contributed by atoms with Crippen LogP contribution in [0.25, 0.3) is 0 Å². The maximum atomic E-state index is 13.3. The van der Waals surface area contributed by atoms with Crippen molar-refractivity contribution < 1.29 is 9.59 Å². The van der Waals surface area contributed by atoms with Crippen molar-refractivity contribution in [2.45, 2.75) is 51.1 Å². The standard InChI is InChI=1S/C21H29N3O2/c1-15-4-6-16(7-5-15)20(25)23-12-2-3-17(14-23)21(26)24-18-8-9-19(24)13-22-11-10-18/h4-7,17-19,22H,2-3,8-14H2,1H3. The second kappa shape index (κ2) is 7.39. The van der Waals surface area contributed by atoms with E-state index in [0.29, 0.717) is 18.6 Å². The molecule has 2 amide bonds. The molecule has 3 fully saturated rings. The molecule has 26 heavy (non-hydrogen) atoms. The highest BCUT2D eigenvalue weighted by Gasteiger charge is 2.41. The van der Waals surface area contributed by atoms with Gasteiger partial charge in [0.2, 0.25) is 5.91 Å². The van der Waals surface area contributed by atoms with Crippen LogP contribution >= 0.6 is 0 Å². The van der Waals surface area contributed by atoms with E-state index in [-0.39, 0.29) is 17.7 Å². The smallest absolute Gasteiger partial charge is 0.253 e. The minimum atomic E-state index is -0.0423. The van der Waals surface area contributed by atoms with E-state index in [2.05, 4.69) is 10.2 Å². The lowest BCUT2D eigenvalue weighted by molar-refractivity contribution is -0.139. The molecule has 5 heteroatoms. The Kier molecular flexibility index (Phi) is 4.98. The third-order valence-electron chi connectivity index (χ3n) is 6.27. The molecule has 0 radical (unpaired) electrons. The Morgan fingerprint density at radius 1 is 1.04 bits per heavy atom. The van der Waals surface area contributed by atoms with Crippen LogP contribution in [0.1, 0.15) is 48.0 Å². The average molecular weight is 355 g/mol. The van der Waals surface area contributed by atoms with Gasteiger partial charge in [0, 0.05) is 37.3 Å². The first-order valence-corrected chi connectivity index (χ1v) is 10.0. The quantitative estimate of drug-likeness (QED) is 0.885. The fourth-order valence-corrected chi connectivity index (χ4v) is 4.79. The summed E-state index contributed by atoms with van der Waals surface area (Å²) in [7, 11) is 0. The number of carbonyl (C=O) groups is 2. The van der Waals surface area contributed by atoms with Gasteiger partial charge in [-0.1, -0.05) is 17.7 Å². The number of benzene rings is 1. The first kappa shape index (κ1) is 17.5. The zero-order valence-corrected chi connectivity index (χ0v) is 15.6. The summed E-state index contributed by atoms with van der Waals surface area (Å²) in [6.07, 6.45) is 5.12. The van der Waals surface area contributed by atoms with Crippen molar-refractivity contribution in [1.82, 2.24) is 15.1 Å². The number of likely N-dealkylation sites (tertiary alicyclic amines) is 1. The Labute approximate surface area is 155 Å². The number of hydrogen-bond acceptors (Lipinski definition) is 3. The Morgan fingerprint density at radius 3 is 2.62 bits per heavy atom. The first-order valence-electron chi connectivity index (χ1n) is 10.0. The van der Waals surface area contributed by atoms with Gasteiger partial charge in [0.05, 0.1) is 5.92 Å². The van der Waals surface area contributed by atoms with Crippen molar-refractivity contribution in [2.75, 3.05) is 26.2 Å². The Hall–Kier alpha value is -1.88. The first-order chi connectivity index (χ1) is 12.6. The molecule has 5 nitrogen and oxygen atoms in total. The zero-order valence-electron chi connectivity index (χ0n) is 15.6. The van der Waals surface area contributed by atoms with Crippen LogP contribution in [0.4, 0.5) is 0 Å². The highest BCUT2D eigenvalue weighted by molar-refractivity contribution is 5.94. The molecule has 0 aromatic heterocycles. The van der Waals surface area contributed by atoms with Crippen LogP contribution in [0.5, 0.6) is 0 Å². The molecule has 3 atom stereocenters. The third-order valence-corrected chi connectivity index (χ3v) is 6.27. The number of nitrogens with one attached hydrogen (secondary N) is 1. The monoisotopic (exact) mass is 355 g/mol. The summed E-state index contributed by atoms with van der Waals surface area (Å²) < 4.78 is 0. The van der Waals surface area contributed by atoms with Crippen LogP contribution in [0.2, 0.25) is 0 Å². The summed E-state index contributed by atoms with van der Waals surface area (Å²) >= 11 is 0. The van der Waals surface area contributed by atoms with Crippen LogP contribution in [0.3, 0.4) is 0 Å². The molecular formula is C21H29N3O2. The van der Waals surface area contributed by atoms with Gasteiger partial charge in [-0.05, 0) is 57.7 Å². The van der Waals surface area contributed by atoms with Crippen molar-refractivity contribution in [1.29, 1.82) is 0 Å². The van der Waals surface area contributed by atoms with Crippen LogP contribution < -0.4 is 5.32 Å². The summed E-state index contributed by atoms with van der Waals surface area (Å²) in [4.78, 5) is 30.2. The number of piperidine rings is 1. The van der Waals surface area contributed by atoms with Crippen LogP contribution in [0.15, 0.2) is 24.3 Å². The van der Waals surface area contributed by atoms with Crippen molar-refractivity contribution in [2.24, 2.45) is 5.92 Å². The molecule has 0 spiro atoms. The van der Waals surface area contributed by atoms with Gasteiger partial charge in [-0.25, -0.2) is 0 Å². The molecule has 0 aliphatic carbocycles. The molecule has 1 aromatic carbocycles. The second-order valence-corrected chi connectivity index (χ2v) is 8.08. The lowest BCUT2D eigenvalue weighted by atomic mass is 9.95. The maximum Gasteiger partial charge on any atom is 0.253 e. The molecule has 3 aliphatic heterocycles. The fraction of sp³-hybridized carbons (Fsp3) is 0.619. The number of hydrogen-bond donors (Lipinski definition) is 1. The second-order valence-electron chi connectivity index (χ2n) is 8.08. The minimum Gasteiger partial charge on any atom is -0.338 e. The van der Waals surface area contributed by atoms with E-state index in [1.165, 1.54) is 0 Å². The molecule has 1 N–H and O–H groups in total. The van der Waals surface area contributed by atoms with Gasteiger partial charge in [-0.2, -0.15) is 0 Å². The number of amides is 2. The molecule has 3 aliphatic rings. The van der Waals surface area contributed by atoms with Gasteiger partial charge in [0.15, 0.2) is 0 Å². The minimum absolute atomic E-state index is 0.0423. The van der Waals surface area contributed by atoms with E-state index >= 15 is 0 Å². The van der Waals surface area contributed by atoms with Crippen molar-refractivity contribution in [3.05, 3.63) is 35.4 Å². The fourth-order valence-electron chi connectivity index (χ4n) is 4.79. The molecule has 4 rings (SSSR count). The maximum absolute atomic E-state index is 13.3. The summed E-state index contributed by atoms with van der Waals surface area (Å²) in [5.74, 6) is 0.296. The van der Waals surface area contributed by atoms with E-state index < -0.39 is 0 Å². The lowest BCUT2D eigenvalue weighted by Gasteiger charge is -2.37. The number of carbonyl (C=O) groups excluding carboxylic acids is 2. The highest BCUT2D eigenvalue weighted by Crippen LogP contribution is 2.31. The predicted molar refractivity (Wildman–Crippen MR) is 101 cm³/mol. The van der Waals surface area contributed by atoms with Gasteiger partial charge in [0.25, 0.3) is 5.91 Å². The SMILES string of the molecule is Cc1ccc(C(=O)N2CCCC(C(=O)N3C4CCNCC3CC4)C2)cc1. The molecular weight excluding hydrogens is 326 g/mol. The van der Waals surface area contributed by atoms with Crippen LogP contribution in [-0.2, 0) is 4.79 Å². The molecule has 3 unspecified atom stereocenters. The van der Waals surface area contributed by atoms with Gasteiger partial charge >= 0.3 is 0 Å². The molecule has 1 aromatic rings. The number of rotatable bonds is 2. The van der Waals surface area contributed by atoms with Crippen molar-refractivity contribution >= 4 is 11.8 Å². The molecule has 2 bridgehead atoms. The topological polar surface area (TPSA) is 52.7 Å². The normalized spacial score (nSPS) is 28.7. The van der Waals surface area contributed by atoms with E-state index in [9.17, 15) is 9.59 Å². The molecule has 3 heterocycles. The number of nitrogens with zero attached hydrogens (tertiary/aromatic N) is 2. The number of aryl methyl sites for hydroxylation is 1. The largest absolute Gasteiger partial charge is 0.338 e. The molecule has 3 saturated heterocycles. The zero-order chi connectivity index (χ0) is 18.1. The Morgan fingerprint density at radius 2 is 1.81 bits per heavy atom. The summed E-state index contributed by atoms with van der Waals surface area (Å²) in [6, 6.07) is 8.47. The van der Waals surface area contributed by atoms with Gasteiger partial charge in [-0.3, -0.25) is 9.59 Å². The van der Waals surface area contributed by atoms with E-state index in [1.54, 1.807) is 0 Å². The Balaban J connectivity index is 1.45. The molecule has 0 saturated carbocycles. The predicted octanol–water partition coefficient (Wildman–Crippen LogP) is 2.20. The summed E-state index contributed by atoms with van der Waals surface area (Å²) in [5.41, 5.74) is 1.88. The summed E-state index contributed by atoms with van der Waals surface area (Å²) in [6.45, 7) is 5.27. The summed E-state index contributed by atoms with van der Waals surface area (Å²) in [5, 5.41) is 3.46. The lowest BCUT2D eigenvalue weighted by Crippen LogP contribution is -2.50. The van der Waals surface area contributed by atoms with Gasteiger partial charge in [-0.15, -0.1) is 0 Å². The highest BCUT2D eigenvalue weighted by atomic mass is 16.2. The number of fused-ring (bicyclic) bond motifs is 2. The van der Waals surface area contributed by atoms with Crippen LogP contribution in [-0.4, -0.2) is 59.9 Å². The van der Waals surface area contributed by atoms with Crippen LogP contribution in [0, 0.1) is 12.8 Å². The third kappa shape index (κ3) is 3.37. The van der Waals surface area contributed by atoms with E-state index in [4.69, 9.17) is 0 Å². The van der Waals surface area contributed by atoms with Crippen molar-refractivity contribution in [3.63, 3.8) is 0 Å². The molecule has 140 valence electrons. The van der Waals surface area contributed by atoms with Gasteiger partial charge < -0.3 is 15.1 Å².